The molecule has 1 atom stereocenters. The number of Topliss-reactive ketones (excluding diaryl/α,β-unsaturated/α-hetero) is 1. The molecule has 4 rings (SSSR count). The second-order valence-electron chi connectivity index (χ2n) is 10.3. The van der Waals surface area contributed by atoms with Crippen molar-refractivity contribution in [2.45, 2.75) is 44.9 Å². The van der Waals surface area contributed by atoms with Gasteiger partial charge in [0.1, 0.15) is 5.75 Å². The van der Waals surface area contributed by atoms with Crippen LogP contribution in [0.1, 0.15) is 61.5 Å². The molecule has 0 radical (unpaired) electrons. The number of ether oxygens (including phenoxy) is 1. The van der Waals surface area contributed by atoms with Crippen LogP contribution in [-0.4, -0.2) is 48.7 Å². The maximum atomic E-state index is 13.0. The van der Waals surface area contributed by atoms with Gasteiger partial charge in [0.15, 0.2) is 5.78 Å². The molecule has 0 saturated carbocycles. The molecule has 4 nitrogen and oxygen atoms in total. The van der Waals surface area contributed by atoms with E-state index >= 15 is 0 Å². The molecular formula is C29H34FNO3S. The number of hydrogen-bond donors (Lipinski definition) is 0. The highest BCUT2D eigenvalue weighted by Crippen LogP contribution is 2.38. The predicted molar refractivity (Wildman–Crippen MR) is 140 cm³/mol. The number of likely N-dealkylation sites (tertiary alicyclic amines) is 1. The van der Waals surface area contributed by atoms with Gasteiger partial charge in [-0.2, -0.15) is 0 Å². The van der Waals surface area contributed by atoms with E-state index in [9.17, 15) is 14.0 Å². The molecule has 2 aliphatic rings. The van der Waals surface area contributed by atoms with Crippen LogP contribution in [0.4, 0.5) is 4.39 Å². The Bertz CT molecular complexity index is 1100. The van der Waals surface area contributed by atoms with Crippen molar-refractivity contribution in [1.29, 1.82) is 0 Å². The molecule has 6 heteroatoms. The van der Waals surface area contributed by atoms with Crippen LogP contribution >= 0.6 is 11.8 Å². The molecule has 1 unspecified atom stereocenters. The van der Waals surface area contributed by atoms with E-state index in [1.807, 2.05) is 63.2 Å². The molecule has 2 aromatic carbocycles. The zero-order valence-electron chi connectivity index (χ0n) is 20.8. The fraction of sp³-hybridized carbons (Fsp3) is 0.448. The highest BCUT2D eigenvalue weighted by molar-refractivity contribution is 7.99. The van der Waals surface area contributed by atoms with Crippen LogP contribution in [0.25, 0.3) is 5.57 Å². The van der Waals surface area contributed by atoms with Gasteiger partial charge in [-0.15, -0.1) is 11.8 Å². The van der Waals surface area contributed by atoms with Crippen LogP contribution < -0.4 is 4.74 Å². The van der Waals surface area contributed by atoms with E-state index in [-0.39, 0.29) is 24.3 Å². The molecule has 1 saturated heterocycles. The van der Waals surface area contributed by atoms with Gasteiger partial charge in [0.2, 0.25) is 0 Å². The molecule has 186 valence electrons. The number of benzene rings is 2. The smallest absolute Gasteiger partial charge is 0.316 e. The van der Waals surface area contributed by atoms with Crippen molar-refractivity contribution in [3.8, 4) is 5.75 Å². The van der Waals surface area contributed by atoms with Gasteiger partial charge in [0.05, 0.1) is 12.1 Å². The van der Waals surface area contributed by atoms with Crippen molar-refractivity contribution in [2.24, 2.45) is 11.3 Å². The molecule has 0 amide bonds. The molecule has 0 bridgehead atoms. The topological polar surface area (TPSA) is 46.6 Å². The summed E-state index contributed by atoms with van der Waals surface area (Å²) in [6.45, 7) is 7.54. The Morgan fingerprint density at radius 1 is 1.14 bits per heavy atom. The lowest BCUT2D eigenvalue weighted by atomic mass is 9.92. The molecule has 2 heterocycles. The van der Waals surface area contributed by atoms with Crippen LogP contribution in [0.15, 0.2) is 53.4 Å². The third-order valence-corrected chi connectivity index (χ3v) is 7.61. The molecular weight excluding hydrogens is 461 g/mol. The average Bonchev–Trinajstić information content (AvgIpc) is 3.21. The van der Waals surface area contributed by atoms with Crippen LogP contribution in [0.3, 0.4) is 0 Å². The molecule has 0 aliphatic carbocycles. The lowest BCUT2D eigenvalue weighted by molar-refractivity contribution is -0.143. The van der Waals surface area contributed by atoms with E-state index in [0.717, 1.165) is 65.4 Å². The van der Waals surface area contributed by atoms with E-state index in [2.05, 4.69) is 11.0 Å². The lowest BCUT2D eigenvalue weighted by Gasteiger charge is -2.18. The molecule has 2 aliphatic heterocycles. The van der Waals surface area contributed by atoms with Gasteiger partial charge in [0, 0.05) is 35.2 Å². The van der Waals surface area contributed by atoms with Crippen molar-refractivity contribution in [1.82, 2.24) is 4.90 Å². The van der Waals surface area contributed by atoms with Gasteiger partial charge in [-0.05, 0) is 81.5 Å². The summed E-state index contributed by atoms with van der Waals surface area (Å²) >= 11 is 1.76. The minimum atomic E-state index is -0.560. The fourth-order valence-corrected chi connectivity index (χ4v) is 5.50. The number of thioether (sulfide) groups is 1. The first-order valence-electron chi connectivity index (χ1n) is 12.4. The second kappa shape index (κ2) is 11.1. The Kier molecular flexibility index (Phi) is 8.12. The zero-order valence-corrected chi connectivity index (χ0v) is 21.6. The average molecular weight is 496 g/mol. The molecule has 0 aromatic heterocycles. The number of fused-ring (bicyclic) bond motifs is 1. The normalized spacial score (nSPS) is 18.5. The summed E-state index contributed by atoms with van der Waals surface area (Å²) in [6, 6.07) is 13.8. The van der Waals surface area contributed by atoms with E-state index in [0.29, 0.717) is 12.2 Å². The van der Waals surface area contributed by atoms with Crippen molar-refractivity contribution in [3.63, 3.8) is 0 Å². The number of hydrogen-bond acceptors (Lipinski definition) is 5. The van der Waals surface area contributed by atoms with Gasteiger partial charge in [-0.3, -0.25) is 14.0 Å². The van der Waals surface area contributed by atoms with E-state index in [1.54, 1.807) is 11.8 Å². The van der Waals surface area contributed by atoms with Crippen molar-refractivity contribution < 1.29 is 18.7 Å². The maximum Gasteiger partial charge on any atom is 0.316 e. The first-order valence-corrected chi connectivity index (χ1v) is 13.4. The SMILES string of the molecule is CC(C)(C)C(=O)Oc1ccc2c(c1)SCCC=C2c1ccc(C(=O)C2CCN(CCCF)C2)cc1. The maximum absolute atomic E-state index is 13.0. The Labute approximate surface area is 211 Å². The molecule has 2 aromatic rings. The number of alkyl halides is 1. The number of nitrogens with zero attached hydrogens (tertiary/aromatic N) is 1. The number of halogens is 1. The Balaban J connectivity index is 1.49. The van der Waals surface area contributed by atoms with Crippen molar-refractivity contribution in [3.05, 3.63) is 65.2 Å². The van der Waals surface area contributed by atoms with Gasteiger partial charge in [0.25, 0.3) is 0 Å². The number of esters is 1. The zero-order chi connectivity index (χ0) is 25.0. The van der Waals surface area contributed by atoms with Gasteiger partial charge in [-0.25, -0.2) is 0 Å². The second-order valence-corrected chi connectivity index (χ2v) is 11.5. The van der Waals surface area contributed by atoms with Gasteiger partial charge < -0.3 is 9.64 Å². The van der Waals surface area contributed by atoms with Crippen LogP contribution in [-0.2, 0) is 4.79 Å². The highest BCUT2D eigenvalue weighted by Gasteiger charge is 2.29. The van der Waals surface area contributed by atoms with E-state index in [4.69, 9.17) is 4.74 Å². The summed E-state index contributed by atoms with van der Waals surface area (Å²) < 4.78 is 18.1. The quantitative estimate of drug-likeness (QED) is 0.252. The summed E-state index contributed by atoms with van der Waals surface area (Å²) in [7, 11) is 0. The van der Waals surface area contributed by atoms with Crippen LogP contribution in [0, 0.1) is 11.3 Å². The number of allylic oxidation sites excluding steroid dienone is 1. The summed E-state index contributed by atoms with van der Waals surface area (Å²) in [6.07, 6.45) is 4.55. The number of rotatable bonds is 7. The molecule has 1 fully saturated rings. The predicted octanol–water partition coefficient (Wildman–Crippen LogP) is 6.43. The summed E-state index contributed by atoms with van der Waals surface area (Å²) in [5.41, 5.74) is 3.49. The third-order valence-electron chi connectivity index (χ3n) is 6.52. The summed E-state index contributed by atoms with van der Waals surface area (Å²) in [4.78, 5) is 28.6. The van der Waals surface area contributed by atoms with Crippen LogP contribution in [0.2, 0.25) is 0 Å². The first kappa shape index (κ1) is 25.6. The minimum Gasteiger partial charge on any atom is -0.426 e. The lowest BCUT2D eigenvalue weighted by Crippen LogP contribution is -2.25. The van der Waals surface area contributed by atoms with Crippen molar-refractivity contribution >= 4 is 29.1 Å². The Morgan fingerprint density at radius 2 is 1.91 bits per heavy atom. The number of carbonyl (C=O) groups is 2. The van der Waals surface area contributed by atoms with E-state index in [1.165, 1.54) is 0 Å². The monoisotopic (exact) mass is 495 g/mol. The van der Waals surface area contributed by atoms with Crippen LogP contribution in [0.5, 0.6) is 5.75 Å². The molecule has 0 N–H and O–H groups in total. The standard InChI is InChI=1S/C29H34FNO3S/c1-29(2,3)28(33)34-23-11-12-25-24(6-4-17-35-26(25)18-23)20-7-9-21(10-8-20)27(32)22-13-16-31(19-22)15-5-14-30/h6-12,18,22H,4-5,13-17,19H2,1-3H3. The third kappa shape index (κ3) is 6.22. The fourth-order valence-electron chi connectivity index (χ4n) is 4.51. The van der Waals surface area contributed by atoms with E-state index < -0.39 is 5.41 Å². The number of ketones is 1. The van der Waals surface area contributed by atoms with Gasteiger partial charge in [-0.1, -0.05) is 30.3 Å². The summed E-state index contributed by atoms with van der Waals surface area (Å²) in [5, 5.41) is 0. The molecule has 0 spiro atoms. The first-order chi connectivity index (χ1) is 16.8. The molecule has 35 heavy (non-hydrogen) atoms. The number of carbonyl (C=O) groups excluding carboxylic acids is 2. The largest absolute Gasteiger partial charge is 0.426 e. The minimum absolute atomic E-state index is 0.0103. The highest BCUT2D eigenvalue weighted by atomic mass is 32.2. The van der Waals surface area contributed by atoms with Crippen molar-refractivity contribution in [2.75, 3.05) is 32.1 Å². The summed E-state index contributed by atoms with van der Waals surface area (Å²) in [5.74, 6) is 1.43. The Hall–Kier alpha value is -2.44. The Morgan fingerprint density at radius 3 is 2.63 bits per heavy atom. The van der Waals surface area contributed by atoms with Gasteiger partial charge >= 0.3 is 5.97 Å².